The van der Waals surface area contributed by atoms with E-state index >= 15 is 0 Å². The SMILES string of the molecule is COc1ccc(Cc2c(C)nc(C)nc2N2CCN(C(=O)Nc3ccccc3F)CC2)cc1. The van der Waals surface area contributed by atoms with Crippen LogP contribution in [0.15, 0.2) is 48.5 Å². The van der Waals surface area contributed by atoms with E-state index in [9.17, 15) is 9.18 Å². The molecule has 1 aliphatic rings. The van der Waals surface area contributed by atoms with Crippen LogP contribution in [0.4, 0.5) is 20.7 Å². The van der Waals surface area contributed by atoms with Crippen molar-refractivity contribution in [3.63, 3.8) is 0 Å². The van der Waals surface area contributed by atoms with E-state index in [0.29, 0.717) is 32.6 Å². The molecule has 1 fully saturated rings. The van der Waals surface area contributed by atoms with Crippen molar-refractivity contribution in [3.8, 4) is 5.75 Å². The minimum Gasteiger partial charge on any atom is -0.497 e. The van der Waals surface area contributed by atoms with E-state index in [1.165, 1.54) is 6.07 Å². The van der Waals surface area contributed by atoms with Crippen LogP contribution in [0.1, 0.15) is 22.6 Å². The van der Waals surface area contributed by atoms with Crippen LogP contribution >= 0.6 is 0 Å². The van der Waals surface area contributed by atoms with Crippen molar-refractivity contribution < 1.29 is 13.9 Å². The summed E-state index contributed by atoms with van der Waals surface area (Å²) in [7, 11) is 1.65. The summed E-state index contributed by atoms with van der Waals surface area (Å²) in [6.07, 6.45) is 0.708. The molecule has 1 aliphatic heterocycles. The molecule has 0 spiro atoms. The van der Waals surface area contributed by atoms with Gasteiger partial charge in [0.2, 0.25) is 0 Å². The predicted molar refractivity (Wildman–Crippen MR) is 127 cm³/mol. The average Bonchev–Trinajstić information content (AvgIpc) is 2.82. The summed E-state index contributed by atoms with van der Waals surface area (Å²) in [6.45, 7) is 6.21. The van der Waals surface area contributed by atoms with Gasteiger partial charge in [-0.2, -0.15) is 0 Å². The zero-order chi connectivity index (χ0) is 23.4. The molecule has 2 amide bonds. The van der Waals surface area contributed by atoms with Crippen molar-refractivity contribution in [3.05, 3.63) is 77.0 Å². The lowest BCUT2D eigenvalue weighted by atomic mass is 10.0. The summed E-state index contributed by atoms with van der Waals surface area (Å²) in [5.41, 5.74) is 3.37. The maximum atomic E-state index is 13.9. The highest BCUT2D eigenvalue weighted by atomic mass is 19.1. The molecule has 0 aliphatic carbocycles. The molecule has 1 N–H and O–H groups in total. The highest BCUT2D eigenvalue weighted by Gasteiger charge is 2.25. The second kappa shape index (κ2) is 9.85. The topological polar surface area (TPSA) is 70.6 Å². The second-order valence-electron chi connectivity index (χ2n) is 8.07. The number of anilines is 2. The number of para-hydroxylation sites is 1. The molecule has 172 valence electrons. The number of amides is 2. The highest BCUT2D eigenvalue weighted by Crippen LogP contribution is 2.26. The molecule has 3 aromatic rings. The number of urea groups is 1. The lowest BCUT2D eigenvalue weighted by molar-refractivity contribution is 0.208. The maximum absolute atomic E-state index is 13.9. The monoisotopic (exact) mass is 449 g/mol. The molecule has 0 bridgehead atoms. The molecule has 2 heterocycles. The van der Waals surface area contributed by atoms with Crippen LogP contribution in [0.5, 0.6) is 5.75 Å². The fourth-order valence-corrected chi connectivity index (χ4v) is 4.01. The molecule has 0 atom stereocenters. The van der Waals surface area contributed by atoms with E-state index in [1.807, 2.05) is 38.1 Å². The number of halogens is 1. The summed E-state index contributed by atoms with van der Waals surface area (Å²) < 4.78 is 19.1. The molecule has 0 unspecified atom stereocenters. The van der Waals surface area contributed by atoms with Gasteiger partial charge < -0.3 is 19.9 Å². The van der Waals surface area contributed by atoms with Crippen molar-refractivity contribution >= 4 is 17.5 Å². The molecular formula is C25H28FN5O2. The molecule has 8 heteroatoms. The van der Waals surface area contributed by atoms with E-state index in [0.717, 1.165) is 34.2 Å². The van der Waals surface area contributed by atoms with Gasteiger partial charge in [-0.15, -0.1) is 0 Å². The van der Waals surface area contributed by atoms with Gasteiger partial charge in [-0.25, -0.2) is 19.2 Å². The van der Waals surface area contributed by atoms with Gasteiger partial charge in [-0.05, 0) is 43.7 Å². The van der Waals surface area contributed by atoms with Crippen molar-refractivity contribution in [2.45, 2.75) is 20.3 Å². The van der Waals surface area contributed by atoms with Crippen LogP contribution in [-0.2, 0) is 6.42 Å². The van der Waals surface area contributed by atoms with Gasteiger partial charge in [0.1, 0.15) is 23.2 Å². The standard InChI is InChI=1S/C25H28FN5O2/c1-17-21(16-19-8-10-20(33-3)11-9-19)24(28-18(2)27-17)30-12-14-31(15-13-30)25(32)29-23-7-5-4-6-22(23)26/h4-11H,12-16H2,1-3H3,(H,29,32). The third-order valence-electron chi connectivity index (χ3n) is 5.83. The van der Waals surface area contributed by atoms with Gasteiger partial charge >= 0.3 is 6.03 Å². The van der Waals surface area contributed by atoms with E-state index in [-0.39, 0.29) is 11.7 Å². The highest BCUT2D eigenvalue weighted by molar-refractivity contribution is 5.89. The lowest BCUT2D eigenvalue weighted by Crippen LogP contribution is -2.50. The Hall–Kier alpha value is -3.68. The number of rotatable bonds is 5. The third kappa shape index (κ3) is 5.22. The first kappa shape index (κ1) is 22.5. The van der Waals surface area contributed by atoms with Crippen molar-refractivity contribution in [2.75, 3.05) is 43.5 Å². The molecule has 33 heavy (non-hydrogen) atoms. The molecule has 0 saturated carbocycles. The molecule has 1 aromatic heterocycles. The van der Waals surface area contributed by atoms with E-state index in [4.69, 9.17) is 9.72 Å². The van der Waals surface area contributed by atoms with Crippen LogP contribution in [0.3, 0.4) is 0 Å². The van der Waals surface area contributed by atoms with Gasteiger partial charge in [0.15, 0.2) is 0 Å². The Morgan fingerprint density at radius 3 is 2.39 bits per heavy atom. The number of nitrogens with one attached hydrogen (secondary N) is 1. The number of benzene rings is 2. The second-order valence-corrected chi connectivity index (χ2v) is 8.07. The maximum Gasteiger partial charge on any atom is 0.322 e. The molecular weight excluding hydrogens is 421 g/mol. The Morgan fingerprint density at radius 2 is 1.73 bits per heavy atom. The van der Waals surface area contributed by atoms with E-state index in [2.05, 4.69) is 15.2 Å². The summed E-state index contributed by atoms with van der Waals surface area (Å²) >= 11 is 0. The number of hydrogen-bond donors (Lipinski definition) is 1. The van der Waals surface area contributed by atoms with Crippen LogP contribution < -0.4 is 15.0 Å². The quantitative estimate of drug-likeness (QED) is 0.633. The Bertz CT molecular complexity index is 1130. The summed E-state index contributed by atoms with van der Waals surface area (Å²) in [5, 5.41) is 2.66. The van der Waals surface area contributed by atoms with Crippen LogP contribution in [-0.4, -0.2) is 54.2 Å². The number of methoxy groups -OCH3 is 1. The zero-order valence-corrected chi connectivity index (χ0v) is 19.1. The predicted octanol–water partition coefficient (Wildman–Crippen LogP) is 4.19. The molecule has 4 rings (SSSR count). The van der Waals surface area contributed by atoms with Gasteiger partial charge in [0, 0.05) is 43.9 Å². The molecule has 0 radical (unpaired) electrons. The van der Waals surface area contributed by atoms with E-state index < -0.39 is 5.82 Å². The number of nitrogens with zero attached hydrogens (tertiary/aromatic N) is 4. The Labute approximate surface area is 193 Å². The molecule has 2 aromatic carbocycles. The number of aromatic nitrogens is 2. The first-order valence-corrected chi connectivity index (χ1v) is 11.0. The summed E-state index contributed by atoms with van der Waals surface area (Å²) in [5.74, 6) is 2.01. The smallest absolute Gasteiger partial charge is 0.322 e. The zero-order valence-electron chi connectivity index (χ0n) is 19.1. The first-order chi connectivity index (χ1) is 15.9. The minimum absolute atomic E-state index is 0.189. The fraction of sp³-hybridized carbons (Fsp3) is 0.320. The van der Waals surface area contributed by atoms with Crippen molar-refractivity contribution in [2.24, 2.45) is 0 Å². The largest absolute Gasteiger partial charge is 0.497 e. The number of carbonyl (C=O) groups excluding carboxylic acids is 1. The van der Waals surface area contributed by atoms with Gasteiger partial charge in [-0.1, -0.05) is 24.3 Å². The normalized spacial score (nSPS) is 13.7. The number of carbonyl (C=O) groups is 1. The number of ether oxygens (including phenoxy) is 1. The lowest BCUT2D eigenvalue weighted by Gasteiger charge is -2.36. The van der Waals surface area contributed by atoms with Gasteiger partial charge in [0.25, 0.3) is 0 Å². The van der Waals surface area contributed by atoms with Gasteiger partial charge in [-0.3, -0.25) is 0 Å². The summed E-state index contributed by atoms with van der Waals surface area (Å²) in [4.78, 5) is 25.9. The van der Waals surface area contributed by atoms with E-state index in [1.54, 1.807) is 30.2 Å². The third-order valence-corrected chi connectivity index (χ3v) is 5.83. The fourth-order valence-electron chi connectivity index (χ4n) is 4.01. The Balaban J connectivity index is 1.47. The van der Waals surface area contributed by atoms with Crippen molar-refractivity contribution in [1.82, 2.24) is 14.9 Å². The Morgan fingerprint density at radius 1 is 1.03 bits per heavy atom. The van der Waals surface area contributed by atoms with Gasteiger partial charge in [0.05, 0.1) is 12.8 Å². The first-order valence-electron chi connectivity index (χ1n) is 11.0. The average molecular weight is 450 g/mol. The molecule has 1 saturated heterocycles. The number of aryl methyl sites for hydroxylation is 2. The van der Waals surface area contributed by atoms with Crippen LogP contribution in [0.2, 0.25) is 0 Å². The summed E-state index contributed by atoms with van der Waals surface area (Å²) in [6, 6.07) is 13.9. The molecule has 7 nitrogen and oxygen atoms in total. The van der Waals surface area contributed by atoms with Crippen LogP contribution in [0, 0.1) is 19.7 Å². The number of hydrogen-bond acceptors (Lipinski definition) is 5. The number of piperazine rings is 1. The van der Waals surface area contributed by atoms with Crippen molar-refractivity contribution in [1.29, 1.82) is 0 Å². The van der Waals surface area contributed by atoms with Crippen LogP contribution in [0.25, 0.3) is 0 Å². The Kier molecular flexibility index (Phi) is 6.72. The minimum atomic E-state index is -0.445.